The average Bonchev–Trinajstić information content (AvgIpc) is 2.59. The highest BCUT2D eigenvalue weighted by Gasteiger charge is 2.20. The number of aromatic nitrogens is 2. The van der Waals surface area contributed by atoms with Gasteiger partial charge in [0.2, 0.25) is 0 Å². The van der Waals surface area contributed by atoms with Gasteiger partial charge < -0.3 is 5.32 Å². The van der Waals surface area contributed by atoms with Crippen LogP contribution < -0.4 is 10.6 Å². The van der Waals surface area contributed by atoms with E-state index in [0.29, 0.717) is 11.4 Å². The van der Waals surface area contributed by atoms with E-state index in [1.807, 2.05) is 26.8 Å². The van der Waals surface area contributed by atoms with Crippen molar-refractivity contribution in [3.8, 4) is 0 Å². The van der Waals surface area contributed by atoms with Gasteiger partial charge in [0.05, 0.1) is 16.9 Å². The minimum Gasteiger partial charge on any atom is -0.306 e. The quantitative estimate of drug-likeness (QED) is 0.679. The van der Waals surface area contributed by atoms with Gasteiger partial charge in [-0.2, -0.15) is 0 Å². The van der Waals surface area contributed by atoms with Crippen LogP contribution in [0.2, 0.25) is 10.3 Å². The highest BCUT2D eigenvalue weighted by Crippen LogP contribution is 2.27. The van der Waals surface area contributed by atoms with Crippen LogP contribution in [0.15, 0.2) is 18.3 Å². The average molecular weight is 413 g/mol. The monoisotopic (exact) mass is 412 g/mol. The molecule has 0 saturated heterocycles. The molecule has 9 heteroatoms. The summed E-state index contributed by atoms with van der Waals surface area (Å²) in [5.74, 6) is -1.74. The fraction of sp³-hybridized carbons (Fsp3) is 0.333. The molecular formula is C18H19Cl2FN4O2. The first-order valence-electron chi connectivity index (χ1n) is 8.36. The second kappa shape index (κ2) is 9.10. The fourth-order valence-electron chi connectivity index (χ4n) is 2.50. The molecule has 0 atom stereocenters. The van der Waals surface area contributed by atoms with Crippen molar-refractivity contribution < 1.29 is 14.0 Å². The van der Waals surface area contributed by atoms with Gasteiger partial charge in [0.15, 0.2) is 11.0 Å². The summed E-state index contributed by atoms with van der Waals surface area (Å²) >= 11 is 11.3. The Balaban J connectivity index is 2.23. The normalized spacial score (nSPS) is 10.8. The summed E-state index contributed by atoms with van der Waals surface area (Å²) in [4.78, 5) is 32.4. The van der Waals surface area contributed by atoms with Crippen molar-refractivity contribution in [2.45, 2.75) is 39.5 Å². The lowest BCUT2D eigenvalue weighted by atomic mass is 10.0. The molecule has 2 aromatic rings. The van der Waals surface area contributed by atoms with Gasteiger partial charge in [-0.25, -0.2) is 14.2 Å². The Morgan fingerprint density at radius 1 is 1.26 bits per heavy atom. The van der Waals surface area contributed by atoms with Gasteiger partial charge in [-0.15, -0.1) is 0 Å². The Labute approximate surface area is 166 Å². The number of nitrogens with one attached hydrogen (secondary N) is 2. The van der Waals surface area contributed by atoms with Crippen LogP contribution in [-0.2, 0) is 6.42 Å². The van der Waals surface area contributed by atoms with Crippen molar-refractivity contribution in [1.29, 1.82) is 0 Å². The molecular weight excluding hydrogens is 394 g/mol. The number of aryl methyl sites for hydroxylation is 1. The molecule has 0 spiro atoms. The van der Waals surface area contributed by atoms with E-state index in [0.717, 1.165) is 24.5 Å². The van der Waals surface area contributed by atoms with Crippen LogP contribution in [0.4, 0.5) is 14.9 Å². The SMILES string of the molecule is CCCc1ccnc(C(C)C)c1NC(=O)NC(=O)c1cc(F)c(Cl)nc1Cl. The van der Waals surface area contributed by atoms with Crippen molar-refractivity contribution in [3.63, 3.8) is 0 Å². The molecule has 2 heterocycles. The van der Waals surface area contributed by atoms with Crippen molar-refractivity contribution in [2.24, 2.45) is 0 Å². The number of imide groups is 1. The first-order chi connectivity index (χ1) is 12.7. The van der Waals surface area contributed by atoms with Crippen molar-refractivity contribution in [3.05, 3.63) is 51.3 Å². The third kappa shape index (κ3) is 5.14. The molecule has 0 bridgehead atoms. The maximum atomic E-state index is 13.5. The van der Waals surface area contributed by atoms with Crippen molar-refractivity contribution >= 4 is 40.8 Å². The van der Waals surface area contributed by atoms with Gasteiger partial charge in [-0.1, -0.05) is 50.4 Å². The highest BCUT2D eigenvalue weighted by molar-refractivity contribution is 6.35. The summed E-state index contributed by atoms with van der Waals surface area (Å²) in [6.45, 7) is 5.93. The molecule has 0 aliphatic carbocycles. The summed E-state index contributed by atoms with van der Waals surface area (Å²) < 4.78 is 13.5. The van der Waals surface area contributed by atoms with Crippen LogP contribution in [0.25, 0.3) is 0 Å². The summed E-state index contributed by atoms with van der Waals surface area (Å²) in [5.41, 5.74) is 1.89. The molecule has 3 amide bonds. The van der Waals surface area contributed by atoms with Crippen molar-refractivity contribution in [1.82, 2.24) is 15.3 Å². The van der Waals surface area contributed by atoms with Gasteiger partial charge in [0.25, 0.3) is 5.91 Å². The van der Waals surface area contributed by atoms with Crippen LogP contribution in [-0.4, -0.2) is 21.9 Å². The molecule has 27 heavy (non-hydrogen) atoms. The Hall–Kier alpha value is -2.25. The van der Waals surface area contributed by atoms with E-state index in [9.17, 15) is 14.0 Å². The zero-order chi connectivity index (χ0) is 20.1. The van der Waals surface area contributed by atoms with E-state index in [1.54, 1.807) is 6.20 Å². The third-order valence-corrected chi connectivity index (χ3v) is 4.28. The smallest absolute Gasteiger partial charge is 0.306 e. The van der Waals surface area contributed by atoms with Crippen molar-refractivity contribution in [2.75, 3.05) is 5.32 Å². The maximum Gasteiger partial charge on any atom is 0.326 e. The molecule has 0 aliphatic heterocycles. The lowest BCUT2D eigenvalue weighted by Gasteiger charge is -2.17. The molecule has 2 rings (SSSR count). The molecule has 0 fully saturated rings. The molecule has 0 aromatic carbocycles. The number of carbonyl (C=O) groups excluding carboxylic acids is 2. The molecule has 6 nitrogen and oxygen atoms in total. The first-order valence-corrected chi connectivity index (χ1v) is 9.11. The van der Waals surface area contributed by atoms with Gasteiger partial charge in [0, 0.05) is 6.20 Å². The minimum atomic E-state index is -0.911. The van der Waals surface area contributed by atoms with Crippen LogP contribution in [0.1, 0.15) is 54.7 Å². The predicted molar refractivity (Wildman–Crippen MR) is 103 cm³/mol. The van der Waals surface area contributed by atoms with Crippen LogP contribution in [0, 0.1) is 5.82 Å². The second-order valence-electron chi connectivity index (χ2n) is 6.14. The van der Waals surface area contributed by atoms with Gasteiger partial charge in [-0.05, 0) is 30.0 Å². The number of urea groups is 1. The standard InChI is InChI=1S/C18H19Cl2FN4O2/c1-4-5-10-6-7-22-13(9(2)3)14(10)23-18(27)25-17(26)11-8-12(21)16(20)24-15(11)19/h6-9H,4-5H2,1-3H3,(H2,23,25,26,27). The molecule has 2 aromatic heterocycles. The zero-order valence-corrected chi connectivity index (χ0v) is 16.6. The zero-order valence-electron chi connectivity index (χ0n) is 15.1. The molecule has 0 unspecified atom stereocenters. The lowest BCUT2D eigenvalue weighted by Crippen LogP contribution is -2.35. The van der Waals surface area contributed by atoms with E-state index in [1.165, 1.54) is 0 Å². The molecule has 2 N–H and O–H groups in total. The van der Waals surface area contributed by atoms with Crippen LogP contribution >= 0.6 is 23.2 Å². The minimum absolute atomic E-state index is 0.0665. The Morgan fingerprint density at radius 2 is 1.96 bits per heavy atom. The van der Waals surface area contributed by atoms with E-state index in [-0.39, 0.29) is 16.6 Å². The number of hydrogen-bond acceptors (Lipinski definition) is 4. The maximum absolute atomic E-state index is 13.5. The predicted octanol–water partition coefficient (Wildman–Crippen LogP) is 4.96. The van der Waals surface area contributed by atoms with Crippen LogP contribution in [0.3, 0.4) is 0 Å². The largest absolute Gasteiger partial charge is 0.326 e. The number of nitrogens with zero attached hydrogens (tertiary/aromatic N) is 2. The number of anilines is 1. The topological polar surface area (TPSA) is 84.0 Å². The van der Waals surface area contributed by atoms with E-state index in [2.05, 4.69) is 20.6 Å². The number of pyridine rings is 2. The molecule has 0 radical (unpaired) electrons. The molecule has 144 valence electrons. The molecule has 0 aliphatic rings. The fourth-order valence-corrected chi connectivity index (χ4v) is 2.91. The lowest BCUT2D eigenvalue weighted by molar-refractivity contribution is 0.0966. The first kappa shape index (κ1) is 21.1. The number of rotatable bonds is 5. The second-order valence-corrected chi connectivity index (χ2v) is 6.86. The highest BCUT2D eigenvalue weighted by atomic mass is 35.5. The summed E-state index contributed by atoms with van der Waals surface area (Å²) in [5, 5.41) is 4.03. The third-order valence-electron chi connectivity index (χ3n) is 3.73. The summed E-state index contributed by atoms with van der Waals surface area (Å²) in [6, 6.07) is 1.87. The van der Waals surface area contributed by atoms with Crippen LogP contribution in [0.5, 0.6) is 0 Å². The Kier molecular flexibility index (Phi) is 7.10. The van der Waals surface area contributed by atoms with E-state index >= 15 is 0 Å². The van der Waals surface area contributed by atoms with E-state index in [4.69, 9.17) is 23.2 Å². The van der Waals surface area contributed by atoms with E-state index < -0.39 is 22.9 Å². The Morgan fingerprint density at radius 3 is 2.59 bits per heavy atom. The summed E-state index contributed by atoms with van der Waals surface area (Å²) in [7, 11) is 0. The molecule has 0 saturated carbocycles. The summed E-state index contributed by atoms with van der Waals surface area (Å²) in [6.07, 6.45) is 3.31. The van der Waals surface area contributed by atoms with Gasteiger partial charge >= 0.3 is 6.03 Å². The number of hydrogen-bond donors (Lipinski definition) is 2. The number of carbonyl (C=O) groups is 2. The van der Waals surface area contributed by atoms with Gasteiger partial charge in [0.1, 0.15) is 5.15 Å². The number of halogens is 3. The van der Waals surface area contributed by atoms with Gasteiger partial charge in [-0.3, -0.25) is 15.1 Å². The Bertz CT molecular complexity index is 875. The number of amides is 3.